The van der Waals surface area contributed by atoms with Crippen molar-refractivity contribution < 1.29 is 4.84 Å². The summed E-state index contributed by atoms with van der Waals surface area (Å²) in [6.45, 7) is 2.42. The second kappa shape index (κ2) is 5.76. The molecule has 1 aromatic heterocycles. The molecule has 5 heteroatoms. The van der Waals surface area contributed by atoms with Crippen molar-refractivity contribution in [1.29, 1.82) is 0 Å². The van der Waals surface area contributed by atoms with Gasteiger partial charge in [0.25, 0.3) is 5.95 Å². The number of benzene rings is 2. The van der Waals surface area contributed by atoms with E-state index < -0.39 is 0 Å². The molecular formula is C16H16N4O. The fraction of sp³-hybridized carbons (Fsp3) is 0.125. The molecule has 0 bridgehead atoms. The van der Waals surface area contributed by atoms with Gasteiger partial charge in [-0.05, 0) is 31.2 Å². The van der Waals surface area contributed by atoms with E-state index in [1.54, 1.807) is 11.3 Å². The topological polar surface area (TPSA) is 64.3 Å². The summed E-state index contributed by atoms with van der Waals surface area (Å²) in [6.07, 6.45) is 1.79. The normalized spacial score (nSPS) is 10.7. The third kappa shape index (κ3) is 2.78. The second-order valence-electron chi connectivity index (χ2n) is 4.54. The number of para-hydroxylation sites is 1. The zero-order chi connectivity index (χ0) is 14.7. The van der Waals surface area contributed by atoms with Crippen LogP contribution in [0.3, 0.4) is 0 Å². The second-order valence-corrected chi connectivity index (χ2v) is 4.54. The number of anilines is 3. The van der Waals surface area contributed by atoms with Crippen molar-refractivity contribution in [1.82, 2.24) is 9.97 Å². The van der Waals surface area contributed by atoms with Crippen molar-refractivity contribution in [3.63, 3.8) is 0 Å². The largest absolute Gasteiger partial charge is 0.399 e. The Hall–Kier alpha value is -2.66. The maximum atomic E-state index is 5.84. The van der Waals surface area contributed by atoms with Crippen molar-refractivity contribution in [2.24, 2.45) is 0 Å². The summed E-state index contributed by atoms with van der Waals surface area (Å²) < 4.78 is 0. The van der Waals surface area contributed by atoms with E-state index in [1.807, 2.05) is 55.5 Å². The van der Waals surface area contributed by atoms with E-state index in [2.05, 4.69) is 9.97 Å². The molecule has 0 aliphatic carbocycles. The quantitative estimate of drug-likeness (QED) is 0.587. The molecule has 0 atom stereocenters. The van der Waals surface area contributed by atoms with Crippen LogP contribution in [0.15, 0.2) is 54.7 Å². The molecule has 0 saturated carbocycles. The smallest absolute Gasteiger partial charge is 0.255 e. The lowest BCUT2D eigenvalue weighted by Crippen LogP contribution is -2.20. The third-order valence-corrected chi connectivity index (χ3v) is 3.02. The van der Waals surface area contributed by atoms with E-state index in [1.165, 1.54) is 0 Å². The SMILES string of the molecule is CCON(c1cccc(N)c1)c1ncc2ccccc2n1. The Balaban J connectivity index is 2.06. The number of rotatable bonds is 4. The highest BCUT2D eigenvalue weighted by Gasteiger charge is 2.13. The summed E-state index contributed by atoms with van der Waals surface area (Å²) in [7, 11) is 0. The predicted molar refractivity (Wildman–Crippen MR) is 84.2 cm³/mol. The van der Waals surface area contributed by atoms with Crippen molar-refractivity contribution >= 4 is 28.2 Å². The molecule has 0 saturated heterocycles. The Labute approximate surface area is 123 Å². The van der Waals surface area contributed by atoms with Gasteiger partial charge in [0.05, 0.1) is 17.8 Å². The molecule has 0 aliphatic rings. The van der Waals surface area contributed by atoms with Crippen LogP contribution in [0.5, 0.6) is 0 Å². The van der Waals surface area contributed by atoms with Gasteiger partial charge >= 0.3 is 0 Å². The van der Waals surface area contributed by atoms with Gasteiger partial charge in [-0.2, -0.15) is 5.06 Å². The molecule has 2 aromatic carbocycles. The first-order valence-electron chi connectivity index (χ1n) is 6.78. The van der Waals surface area contributed by atoms with Gasteiger partial charge in [0, 0.05) is 17.3 Å². The number of aromatic nitrogens is 2. The van der Waals surface area contributed by atoms with E-state index in [0.717, 1.165) is 16.6 Å². The lowest BCUT2D eigenvalue weighted by atomic mass is 10.2. The van der Waals surface area contributed by atoms with E-state index in [0.29, 0.717) is 18.2 Å². The molecule has 0 unspecified atom stereocenters. The van der Waals surface area contributed by atoms with Gasteiger partial charge in [0.2, 0.25) is 0 Å². The third-order valence-electron chi connectivity index (χ3n) is 3.02. The minimum atomic E-state index is 0.487. The highest BCUT2D eigenvalue weighted by atomic mass is 16.7. The molecule has 1 heterocycles. The number of nitrogen functional groups attached to an aromatic ring is 1. The zero-order valence-corrected chi connectivity index (χ0v) is 11.7. The van der Waals surface area contributed by atoms with Crippen LogP contribution in [0.25, 0.3) is 10.9 Å². The standard InChI is InChI=1S/C16H16N4O/c1-2-21-20(14-8-5-7-13(17)10-14)16-18-11-12-6-3-4-9-15(12)19-16/h3-11H,2,17H2,1H3. The van der Waals surface area contributed by atoms with Gasteiger partial charge in [-0.3, -0.25) is 4.84 Å². The molecule has 0 radical (unpaired) electrons. The molecule has 3 rings (SSSR count). The monoisotopic (exact) mass is 280 g/mol. The Morgan fingerprint density at radius 2 is 2.00 bits per heavy atom. The highest BCUT2D eigenvalue weighted by molar-refractivity contribution is 5.79. The van der Waals surface area contributed by atoms with Crippen LogP contribution >= 0.6 is 0 Å². The molecule has 3 aromatic rings. The summed E-state index contributed by atoms with van der Waals surface area (Å²) in [5, 5.41) is 2.59. The van der Waals surface area contributed by atoms with Crippen LogP contribution < -0.4 is 10.8 Å². The maximum Gasteiger partial charge on any atom is 0.255 e. The van der Waals surface area contributed by atoms with E-state index >= 15 is 0 Å². The van der Waals surface area contributed by atoms with Crippen LogP contribution in [0.2, 0.25) is 0 Å². The summed E-state index contributed by atoms with van der Waals surface area (Å²) >= 11 is 0. The fourth-order valence-corrected chi connectivity index (χ4v) is 2.09. The van der Waals surface area contributed by atoms with Crippen LogP contribution in [0.4, 0.5) is 17.3 Å². The molecule has 0 fully saturated rings. The number of nitrogens with zero attached hydrogens (tertiary/aromatic N) is 3. The summed E-state index contributed by atoms with van der Waals surface area (Å²) in [4.78, 5) is 14.6. The van der Waals surface area contributed by atoms with Gasteiger partial charge in [-0.1, -0.05) is 24.3 Å². The minimum absolute atomic E-state index is 0.487. The number of nitrogens with two attached hydrogens (primary N) is 1. The molecule has 0 aliphatic heterocycles. The molecular weight excluding hydrogens is 264 g/mol. The molecule has 21 heavy (non-hydrogen) atoms. The van der Waals surface area contributed by atoms with Crippen molar-refractivity contribution in [2.75, 3.05) is 17.4 Å². The van der Waals surface area contributed by atoms with Gasteiger partial charge in [0.15, 0.2) is 0 Å². The number of hydrogen-bond donors (Lipinski definition) is 1. The Kier molecular flexibility index (Phi) is 3.66. The van der Waals surface area contributed by atoms with Crippen molar-refractivity contribution in [3.8, 4) is 0 Å². The summed E-state index contributed by atoms with van der Waals surface area (Å²) in [5.74, 6) is 0.487. The molecule has 0 spiro atoms. The van der Waals surface area contributed by atoms with E-state index in [4.69, 9.17) is 10.6 Å². The molecule has 0 amide bonds. The average molecular weight is 280 g/mol. The first-order valence-corrected chi connectivity index (χ1v) is 6.78. The Bertz CT molecular complexity index is 760. The van der Waals surface area contributed by atoms with Crippen LogP contribution in [0, 0.1) is 0 Å². The van der Waals surface area contributed by atoms with Crippen LogP contribution in [0.1, 0.15) is 6.92 Å². The maximum absolute atomic E-state index is 5.84. The van der Waals surface area contributed by atoms with Gasteiger partial charge in [-0.15, -0.1) is 0 Å². The fourth-order valence-electron chi connectivity index (χ4n) is 2.09. The molecule has 106 valence electrons. The van der Waals surface area contributed by atoms with E-state index in [9.17, 15) is 0 Å². The van der Waals surface area contributed by atoms with Crippen LogP contribution in [-0.2, 0) is 4.84 Å². The molecule has 5 nitrogen and oxygen atoms in total. The van der Waals surface area contributed by atoms with Gasteiger partial charge in [0.1, 0.15) is 0 Å². The van der Waals surface area contributed by atoms with Gasteiger partial charge < -0.3 is 5.73 Å². The number of hydrogen-bond acceptors (Lipinski definition) is 5. The summed E-state index contributed by atoms with van der Waals surface area (Å²) in [6, 6.07) is 15.3. The molecule has 2 N–H and O–H groups in total. The predicted octanol–water partition coefficient (Wildman–Crippen LogP) is 3.30. The lowest BCUT2D eigenvalue weighted by molar-refractivity contribution is 0.146. The first kappa shape index (κ1) is 13.3. The van der Waals surface area contributed by atoms with Gasteiger partial charge in [-0.25, -0.2) is 9.97 Å². The summed E-state index contributed by atoms with van der Waals surface area (Å²) in [5.41, 5.74) is 8.17. The van der Waals surface area contributed by atoms with Crippen molar-refractivity contribution in [2.45, 2.75) is 6.92 Å². The van der Waals surface area contributed by atoms with Crippen molar-refractivity contribution in [3.05, 3.63) is 54.7 Å². The average Bonchev–Trinajstić information content (AvgIpc) is 2.52. The zero-order valence-electron chi connectivity index (χ0n) is 11.7. The van der Waals surface area contributed by atoms with Crippen LogP contribution in [-0.4, -0.2) is 16.6 Å². The Morgan fingerprint density at radius 3 is 2.81 bits per heavy atom. The Morgan fingerprint density at radius 1 is 1.14 bits per heavy atom. The van der Waals surface area contributed by atoms with E-state index in [-0.39, 0.29) is 0 Å². The number of fused-ring (bicyclic) bond motifs is 1. The minimum Gasteiger partial charge on any atom is -0.399 e. The first-order chi connectivity index (χ1) is 10.3. The lowest BCUT2D eigenvalue weighted by Gasteiger charge is -2.21. The highest BCUT2D eigenvalue weighted by Crippen LogP contribution is 2.25.